The lowest BCUT2D eigenvalue weighted by molar-refractivity contribution is 0.00134. The molecule has 18 heavy (non-hydrogen) atoms. The standard InChI is InChI=1S/C14H17NO3/c15-8-9-17-12-4-3-5-13(10-12)18-11-14(16)6-1-2-7-14/h3-5,10,16H,1-2,6-7,9,11H2. The van der Waals surface area contributed by atoms with Crippen LogP contribution >= 0.6 is 0 Å². The molecule has 4 nitrogen and oxygen atoms in total. The molecule has 0 spiro atoms. The lowest BCUT2D eigenvalue weighted by Gasteiger charge is -2.22. The monoisotopic (exact) mass is 247 g/mol. The van der Waals surface area contributed by atoms with Gasteiger partial charge in [0, 0.05) is 6.07 Å². The first-order chi connectivity index (χ1) is 8.72. The van der Waals surface area contributed by atoms with E-state index in [4.69, 9.17) is 14.7 Å². The zero-order chi connectivity index (χ0) is 12.8. The normalized spacial score (nSPS) is 17.1. The number of benzene rings is 1. The van der Waals surface area contributed by atoms with Gasteiger partial charge in [-0.2, -0.15) is 5.26 Å². The highest BCUT2D eigenvalue weighted by Gasteiger charge is 2.31. The molecular formula is C14H17NO3. The zero-order valence-electron chi connectivity index (χ0n) is 10.3. The molecular weight excluding hydrogens is 230 g/mol. The SMILES string of the molecule is N#CCOc1cccc(OCC2(O)CCCC2)c1. The maximum Gasteiger partial charge on any atom is 0.174 e. The van der Waals surface area contributed by atoms with E-state index in [1.54, 1.807) is 18.2 Å². The molecule has 1 aliphatic carbocycles. The molecule has 0 unspecified atom stereocenters. The average Bonchev–Trinajstić information content (AvgIpc) is 2.82. The van der Waals surface area contributed by atoms with Gasteiger partial charge < -0.3 is 14.6 Å². The third-order valence-corrected chi connectivity index (χ3v) is 3.15. The van der Waals surface area contributed by atoms with Crippen molar-refractivity contribution in [2.75, 3.05) is 13.2 Å². The Balaban J connectivity index is 1.91. The lowest BCUT2D eigenvalue weighted by Crippen LogP contribution is -2.32. The van der Waals surface area contributed by atoms with E-state index in [2.05, 4.69) is 0 Å². The quantitative estimate of drug-likeness (QED) is 0.867. The molecule has 1 N–H and O–H groups in total. The minimum Gasteiger partial charge on any atom is -0.490 e. The summed E-state index contributed by atoms with van der Waals surface area (Å²) in [5, 5.41) is 18.6. The second-order valence-corrected chi connectivity index (χ2v) is 4.64. The van der Waals surface area contributed by atoms with Crippen molar-refractivity contribution in [1.29, 1.82) is 5.26 Å². The number of hydrogen-bond acceptors (Lipinski definition) is 4. The van der Waals surface area contributed by atoms with Crippen LogP contribution in [0.4, 0.5) is 0 Å². The third kappa shape index (κ3) is 3.38. The smallest absolute Gasteiger partial charge is 0.174 e. The van der Waals surface area contributed by atoms with E-state index < -0.39 is 5.60 Å². The van der Waals surface area contributed by atoms with E-state index >= 15 is 0 Å². The first-order valence-electron chi connectivity index (χ1n) is 6.17. The maximum absolute atomic E-state index is 10.2. The number of rotatable bonds is 5. The summed E-state index contributed by atoms with van der Waals surface area (Å²) in [5.41, 5.74) is -0.677. The van der Waals surface area contributed by atoms with Gasteiger partial charge in [0.2, 0.25) is 0 Å². The van der Waals surface area contributed by atoms with Gasteiger partial charge in [-0.3, -0.25) is 0 Å². The van der Waals surface area contributed by atoms with Crippen LogP contribution in [0.5, 0.6) is 11.5 Å². The summed E-state index contributed by atoms with van der Waals surface area (Å²) in [4.78, 5) is 0. The fourth-order valence-electron chi connectivity index (χ4n) is 2.16. The van der Waals surface area contributed by atoms with Gasteiger partial charge in [-0.05, 0) is 25.0 Å². The summed E-state index contributed by atoms with van der Waals surface area (Å²) in [7, 11) is 0. The maximum atomic E-state index is 10.2. The van der Waals surface area contributed by atoms with Crippen LogP contribution in [0.25, 0.3) is 0 Å². The predicted octanol–water partition coefficient (Wildman–Crippen LogP) is 2.27. The molecule has 0 amide bonds. The Hall–Kier alpha value is -1.73. The lowest BCUT2D eigenvalue weighted by atomic mass is 10.0. The van der Waals surface area contributed by atoms with Crippen molar-refractivity contribution in [2.24, 2.45) is 0 Å². The van der Waals surface area contributed by atoms with Crippen LogP contribution < -0.4 is 9.47 Å². The van der Waals surface area contributed by atoms with Crippen LogP contribution in [0, 0.1) is 11.3 Å². The molecule has 1 saturated carbocycles. The van der Waals surface area contributed by atoms with Crippen LogP contribution in [0.15, 0.2) is 24.3 Å². The summed E-state index contributed by atoms with van der Waals surface area (Å²) in [5.74, 6) is 1.26. The summed E-state index contributed by atoms with van der Waals surface area (Å²) < 4.78 is 10.8. The molecule has 1 aromatic carbocycles. The Kier molecular flexibility index (Phi) is 4.06. The molecule has 4 heteroatoms. The van der Waals surface area contributed by atoms with Crippen LogP contribution in [0.1, 0.15) is 25.7 Å². The average molecular weight is 247 g/mol. The van der Waals surface area contributed by atoms with Crippen molar-refractivity contribution in [2.45, 2.75) is 31.3 Å². The number of nitrogens with zero attached hydrogens (tertiary/aromatic N) is 1. The van der Waals surface area contributed by atoms with Gasteiger partial charge in [-0.25, -0.2) is 0 Å². The van der Waals surface area contributed by atoms with Gasteiger partial charge in [0.25, 0.3) is 0 Å². The van der Waals surface area contributed by atoms with Crippen LogP contribution in [-0.2, 0) is 0 Å². The van der Waals surface area contributed by atoms with Crippen molar-refractivity contribution >= 4 is 0 Å². The van der Waals surface area contributed by atoms with Crippen LogP contribution in [-0.4, -0.2) is 23.9 Å². The minimum atomic E-state index is -0.677. The number of hydrogen-bond donors (Lipinski definition) is 1. The molecule has 0 radical (unpaired) electrons. The van der Waals surface area contributed by atoms with E-state index in [0.29, 0.717) is 18.1 Å². The predicted molar refractivity (Wildman–Crippen MR) is 66.5 cm³/mol. The molecule has 1 aromatic rings. The van der Waals surface area contributed by atoms with Gasteiger partial charge >= 0.3 is 0 Å². The molecule has 96 valence electrons. The summed E-state index contributed by atoms with van der Waals surface area (Å²) in [6, 6.07) is 9.04. The second-order valence-electron chi connectivity index (χ2n) is 4.64. The Bertz CT molecular complexity index is 433. The highest BCUT2D eigenvalue weighted by atomic mass is 16.5. The van der Waals surface area contributed by atoms with Crippen molar-refractivity contribution in [3.8, 4) is 17.6 Å². The van der Waals surface area contributed by atoms with Gasteiger partial charge in [-0.15, -0.1) is 0 Å². The minimum absolute atomic E-state index is 0.0212. The van der Waals surface area contributed by atoms with Gasteiger partial charge in [-0.1, -0.05) is 18.9 Å². The second kappa shape index (κ2) is 5.74. The van der Waals surface area contributed by atoms with Crippen molar-refractivity contribution < 1.29 is 14.6 Å². The Morgan fingerprint density at radius 2 is 1.89 bits per heavy atom. The molecule has 2 rings (SSSR count). The number of aliphatic hydroxyl groups is 1. The van der Waals surface area contributed by atoms with Crippen molar-refractivity contribution in [3.05, 3.63) is 24.3 Å². The van der Waals surface area contributed by atoms with Crippen molar-refractivity contribution in [1.82, 2.24) is 0 Å². The molecule has 0 aliphatic heterocycles. The molecule has 0 atom stereocenters. The van der Waals surface area contributed by atoms with E-state index in [-0.39, 0.29) is 6.61 Å². The molecule has 1 aliphatic rings. The number of nitriles is 1. The highest BCUT2D eigenvalue weighted by Crippen LogP contribution is 2.30. The molecule has 1 fully saturated rings. The van der Waals surface area contributed by atoms with E-state index in [9.17, 15) is 5.11 Å². The number of ether oxygens (including phenoxy) is 2. The molecule has 0 bridgehead atoms. The first kappa shape index (κ1) is 12.7. The molecule has 0 saturated heterocycles. The summed E-state index contributed by atoms with van der Waals surface area (Å²) in [6.45, 7) is 0.335. The summed E-state index contributed by atoms with van der Waals surface area (Å²) >= 11 is 0. The fourth-order valence-corrected chi connectivity index (χ4v) is 2.16. The topological polar surface area (TPSA) is 62.5 Å². The van der Waals surface area contributed by atoms with Crippen LogP contribution in [0.2, 0.25) is 0 Å². The first-order valence-corrected chi connectivity index (χ1v) is 6.17. The highest BCUT2D eigenvalue weighted by molar-refractivity contribution is 5.33. The van der Waals surface area contributed by atoms with Crippen molar-refractivity contribution in [3.63, 3.8) is 0 Å². The molecule has 0 heterocycles. The fraction of sp³-hybridized carbons (Fsp3) is 0.500. The van der Waals surface area contributed by atoms with E-state index in [1.807, 2.05) is 12.1 Å². The molecule has 0 aromatic heterocycles. The van der Waals surface area contributed by atoms with Crippen LogP contribution in [0.3, 0.4) is 0 Å². The van der Waals surface area contributed by atoms with E-state index in [1.165, 1.54) is 0 Å². The Morgan fingerprint density at radius 3 is 2.56 bits per heavy atom. The zero-order valence-corrected chi connectivity index (χ0v) is 10.3. The van der Waals surface area contributed by atoms with Gasteiger partial charge in [0.15, 0.2) is 6.61 Å². The van der Waals surface area contributed by atoms with Gasteiger partial charge in [0.05, 0.1) is 5.60 Å². The largest absolute Gasteiger partial charge is 0.490 e. The van der Waals surface area contributed by atoms with E-state index in [0.717, 1.165) is 25.7 Å². The third-order valence-electron chi connectivity index (χ3n) is 3.15. The Morgan fingerprint density at radius 1 is 1.22 bits per heavy atom. The summed E-state index contributed by atoms with van der Waals surface area (Å²) in [6.07, 6.45) is 3.73. The van der Waals surface area contributed by atoms with Gasteiger partial charge in [0.1, 0.15) is 24.2 Å². The Labute approximate surface area is 107 Å².